The summed E-state index contributed by atoms with van der Waals surface area (Å²) in [6.45, 7) is 6.15. The van der Waals surface area contributed by atoms with E-state index in [0.29, 0.717) is 29.9 Å². The summed E-state index contributed by atoms with van der Waals surface area (Å²) >= 11 is 0. The van der Waals surface area contributed by atoms with Gasteiger partial charge in [0, 0.05) is 32.4 Å². The number of sulfonamides is 1. The lowest BCUT2D eigenvalue weighted by Gasteiger charge is -2.34. The van der Waals surface area contributed by atoms with Crippen molar-refractivity contribution in [2.75, 3.05) is 26.2 Å². The lowest BCUT2D eigenvalue weighted by Crippen LogP contribution is -2.52. The molecule has 0 bridgehead atoms. The number of nitrogens with zero attached hydrogens (tertiary/aromatic N) is 6. The molecule has 12 heteroatoms. The fraction of sp³-hybridized carbons (Fsp3) is 0.444. The maximum absolute atomic E-state index is 13.0. The molecule has 3 aromatic rings. The van der Waals surface area contributed by atoms with Crippen molar-refractivity contribution in [1.29, 1.82) is 0 Å². The minimum Gasteiger partial charge on any atom is -0.336 e. The predicted molar refractivity (Wildman–Crippen MR) is 109 cm³/mol. The number of rotatable bonds is 4. The van der Waals surface area contributed by atoms with Crippen LogP contribution in [-0.2, 0) is 10.0 Å². The summed E-state index contributed by atoms with van der Waals surface area (Å²) in [5, 5.41) is 8.06. The molecule has 11 nitrogen and oxygen atoms in total. The Hall–Kier alpha value is -2.99. The summed E-state index contributed by atoms with van der Waals surface area (Å²) in [7, 11) is -3.34. The summed E-state index contributed by atoms with van der Waals surface area (Å²) < 4.78 is 28.9. The van der Waals surface area contributed by atoms with Crippen LogP contribution in [0, 0.1) is 6.92 Å². The monoisotopic (exact) mass is 433 g/mol. The summed E-state index contributed by atoms with van der Waals surface area (Å²) in [4.78, 5) is 29.5. The van der Waals surface area contributed by atoms with E-state index in [1.807, 2.05) is 0 Å². The molecular weight excluding hydrogens is 410 g/mol. The van der Waals surface area contributed by atoms with Crippen LogP contribution in [0.25, 0.3) is 11.5 Å². The first-order chi connectivity index (χ1) is 14.2. The quantitative estimate of drug-likeness (QED) is 0.618. The van der Waals surface area contributed by atoms with Crippen molar-refractivity contribution in [3.63, 3.8) is 0 Å². The molecule has 160 valence electrons. The Bertz CT molecular complexity index is 1260. The Labute approximate surface area is 173 Å². The van der Waals surface area contributed by atoms with Crippen molar-refractivity contribution >= 4 is 21.4 Å². The number of H-pyrrole nitrogens is 1. The van der Waals surface area contributed by atoms with E-state index in [1.54, 1.807) is 44.0 Å². The van der Waals surface area contributed by atoms with E-state index >= 15 is 0 Å². The molecule has 1 saturated heterocycles. The lowest BCUT2D eigenvalue weighted by atomic mass is 10.2. The molecule has 4 rings (SSSR count). The molecule has 3 aromatic heterocycles. The minimum absolute atomic E-state index is 0.202. The molecule has 0 unspecified atom stereocenters. The van der Waals surface area contributed by atoms with Crippen LogP contribution in [0.5, 0.6) is 0 Å². The molecule has 0 radical (unpaired) electrons. The number of carbonyl (C=O) groups excluding carboxylic acids is 1. The highest BCUT2D eigenvalue weighted by Gasteiger charge is 2.32. The van der Waals surface area contributed by atoms with Gasteiger partial charge in [0.25, 0.3) is 11.5 Å². The van der Waals surface area contributed by atoms with E-state index in [-0.39, 0.29) is 30.5 Å². The molecule has 1 aliphatic heterocycles. The molecule has 1 N–H and O–H groups in total. The Morgan fingerprint density at radius 2 is 1.90 bits per heavy atom. The number of carbonyl (C=O) groups is 1. The molecule has 4 heterocycles. The summed E-state index contributed by atoms with van der Waals surface area (Å²) in [6.07, 6.45) is 3.10. The number of amides is 1. The smallest absolute Gasteiger partial charge is 0.276 e. The van der Waals surface area contributed by atoms with Gasteiger partial charge in [-0.3, -0.25) is 14.6 Å². The van der Waals surface area contributed by atoms with Gasteiger partial charge in [-0.1, -0.05) is 0 Å². The average molecular weight is 433 g/mol. The van der Waals surface area contributed by atoms with Crippen molar-refractivity contribution in [1.82, 2.24) is 33.6 Å². The first kappa shape index (κ1) is 20.3. The molecule has 0 aromatic carbocycles. The van der Waals surface area contributed by atoms with Gasteiger partial charge in [-0.25, -0.2) is 17.6 Å². The molecule has 30 heavy (non-hydrogen) atoms. The van der Waals surface area contributed by atoms with Crippen LogP contribution < -0.4 is 5.56 Å². The van der Waals surface area contributed by atoms with Crippen LogP contribution in [0.15, 0.2) is 29.3 Å². The van der Waals surface area contributed by atoms with Gasteiger partial charge in [0.15, 0.2) is 0 Å². The molecule has 1 aliphatic rings. The maximum atomic E-state index is 13.0. The number of piperazine rings is 1. The highest BCUT2D eigenvalue weighted by molar-refractivity contribution is 7.89. The largest absolute Gasteiger partial charge is 0.336 e. The fourth-order valence-electron chi connectivity index (χ4n) is 3.47. The summed E-state index contributed by atoms with van der Waals surface area (Å²) in [5.41, 5.74) is 1.02. The van der Waals surface area contributed by atoms with Gasteiger partial charge in [-0.2, -0.15) is 9.40 Å². The van der Waals surface area contributed by atoms with Gasteiger partial charge in [-0.05, 0) is 32.9 Å². The number of fused-ring (bicyclic) bond motifs is 1. The van der Waals surface area contributed by atoms with E-state index in [2.05, 4.69) is 15.2 Å². The Kier molecular flexibility index (Phi) is 4.98. The maximum Gasteiger partial charge on any atom is 0.276 e. The van der Waals surface area contributed by atoms with E-state index in [1.165, 1.54) is 19.7 Å². The van der Waals surface area contributed by atoms with Gasteiger partial charge in [0.05, 0.1) is 22.7 Å². The minimum atomic E-state index is -3.34. The number of aromatic nitrogens is 5. The molecule has 1 fully saturated rings. The third-order valence-electron chi connectivity index (χ3n) is 5.31. The van der Waals surface area contributed by atoms with Crippen LogP contribution in [0.2, 0.25) is 0 Å². The van der Waals surface area contributed by atoms with Gasteiger partial charge < -0.3 is 4.90 Å². The fourth-order valence-corrected chi connectivity index (χ4v) is 4.74. The van der Waals surface area contributed by atoms with E-state index in [9.17, 15) is 18.0 Å². The highest BCUT2D eigenvalue weighted by atomic mass is 32.2. The van der Waals surface area contributed by atoms with Crippen molar-refractivity contribution in [2.24, 2.45) is 0 Å². The van der Waals surface area contributed by atoms with E-state index in [0.717, 1.165) is 0 Å². The zero-order chi connectivity index (χ0) is 21.6. The first-order valence-electron chi connectivity index (χ1n) is 9.61. The molecule has 0 spiro atoms. The van der Waals surface area contributed by atoms with Gasteiger partial charge in [0.2, 0.25) is 16.0 Å². The van der Waals surface area contributed by atoms with Gasteiger partial charge in [-0.15, -0.1) is 5.10 Å². The molecule has 0 saturated carbocycles. The number of hydrogen-bond acceptors (Lipinski definition) is 6. The van der Waals surface area contributed by atoms with Crippen LogP contribution >= 0.6 is 0 Å². The van der Waals surface area contributed by atoms with Crippen molar-refractivity contribution in [3.8, 4) is 5.95 Å². The third-order valence-corrected chi connectivity index (χ3v) is 7.59. The standard InChI is InChI=1S/C18H23N7O4S/c1-12(2)30(28,29)23-9-7-22(8-10-23)17(27)14-11-19-25(13(14)3)18-20-16(26)15-5-4-6-24(15)21-18/h4-6,11-12H,7-10H2,1-3H3,(H,20,21,26). The number of nitrogens with one attached hydrogen (secondary N) is 1. The number of hydrogen-bond donors (Lipinski definition) is 1. The second-order valence-electron chi connectivity index (χ2n) is 7.46. The third kappa shape index (κ3) is 3.31. The SMILES string of the molecule is Cc1c(C(=O)N2CCN(S(=O)(=O)C(C)C)CC2)cnn1-c1nn2cccc2c(=O)[nH]1. The van der Waals surface area contributed by atoms with Crippen LogP contribution in [0.4, 0.5) is 0 Å². The normalized spacial score (nSPS) is 15.9. The van der Waals surface area contributed by atoms with Crippen molar-refractivity contribution in [3.05, 3.63) is 46.1 Å². The average Bonchev–Trinajstić information content (AvgIpc) is 3.34. The lowest BCUT2D eigenvalue weighted by molar-refractivity contribution is 0.0697. The van der Waals surface area contributed by atoms with Gasteiger partial charge >= 0.3 is 0 Å². The molecular formula is C18H23N7O4S. The zero-order valence-electron chi connectivity index (χ0n) is 16.9. The highest BCUT2D eigenvalue weighted by Crippen LogP contribution is 2.17. The van der Waals surface area contributed by atoms with Crippen molar-refractivity contribution in [2.45, 2.75) is 26.0 Å². The summed E-state index contributed by atoms with van der Waals surface area (Å²) in [5.74, 6) is -0.0298. The Morgan fingerprint density at radius 1 is 1.20 bits per heavy atom. The van der Waals surface area contributed by atoms with Crippen LogP contribution in [0.3, 0.4) is 0 Å². The first-order valence-corrected chi connectivity index (χ1v) is 11.1. The Morgan fingerprint density at radius 3 is 2.57 bits per heavy atom. The topological polar surface area (TPSA) is 126 Å². The van der Waals surface area contributed by atoms with Crippen LogP contribution in [-0.4, -0.2) is 79.3 Å². The predicted octanol–water partition coefficient (Wildman–Crippen LogP) is 0.0127. The van der Waals surface area contributed by atoms with E-state index in [4.69, 9.17) is 0 Å². The second kappa shape index (κ2) is 7.36. The molecule has 0 aliphatic carbocycles. The van der Waals surface area contributed by atoms with E-state index < -0.39 is 15.3 Å². The Balaban J connectivity index is 1.55. The molecule has 0 atom stereocenters. The number of aromatic amines is 1. The van der Waals surface area contributed by atoms with Crippen LogP contribution in [0.1, 0.15) is 29.9 Å². The second-order valence-corrected chi connectivity index (χ2v) is 9.95. The molecule has 1 amide bonds. The zero-order valence-corrected chi connectivity index (χ0v) is 17.8. The summed E-state index contributed by atoms with van der Waals surface area (Å²) in [6, 6.07) is 3.37. The van der Waals surface area contributed by atoms with Gasteiger partial charge in [0.1, 0.15) is 5.52 Å². The van der Waals surface area contributed by atoms with Crippen molar-refractivity contribution < 1.29 is 13.2 Å².